The first-order valence-electron chi connectivity index (χ1n) is 3.90. The molecule has 5 heteroatoms. The molecule has 13 heavy (non-hydrogen) atoms. The summed E-state index contributed by atoms with van der Waals surface area (Å²) in [6, 6.07) is 0. The highest BCUT2D eigenvalue weighted by Crippen LogP contribution is 2.00. The van der Waals surface area contributed by atoms with E-state index in [1.165, 1.54) is 4.90 Å². The monoisotopic (exact) mass is 189 g/mol. The third kappa shape index (κ3) is 4.49. The summed E-state index contributed by atoms with van der Waals surface area (Å²) in [5.41, 5.74) is 0. The van der Waals surface area contributed by atoms with Gasteiger partial charge >= 0.3 is 0 Å². The summed E-state index contributed by atoms with van der Waals surface area (Å²) in [5.74, 6) is -0.892. The molecule has 1 unspecified atom stereocenters. The van der Waals surface area contributed by atoms with Crippen LogP contribution in [0.1, 0.15) is 6.92 Å². The molecule has 0 aromatic carbocycles. The number of carbonyl (C=O) groups excluding carboxylic acids is 1. The Bertz CT molecular complexity index is 200. The van der Waals surface area contributed by atoms with E-state index >= 15 is 0 Å². The second kappa shape index (κ2) is 5.55. The van der Waals surface area contributed by atoms with Crippen LogP contribution in [0.2, 0.25) is 0 Å². The first-order chi connectivity index (χ1) is 5.99. The minimum absolute atomic E-state index is 0.259. The molecule has 0 radical (unpaired) electrons. The zero-order chi connectivity index (χ0) is 10.4. The minimum atomic E-state index is -1.42. The van der Waals surface area contributed by atoms with E-state index in [1.807, 2.05) is 0 Å². The zero-order valence-electron chi connectivity index (χ0n) is 8.02. The van der Waals surface area contributed by atoms with Gasteiger partial charge < -0.3 is 19.8 Å². The summed E-state index contributed by atoms with van der Waals surface area (Å²) in [6.45, 7) is 1.93. The lowest BCUT2D eigenvalue weighted by atomic mass is 10.4. The molecule has 0 heterocycles. The molecular formula is C8H15NO4. The maximum absolute atomic E-state index is 11.0. The quantitative estimate of drug-likeness (QED) is 0.367. The lowest BCUT2D eigenvalue weighted by molar-refractivity contribution is -0.124. The van der Waals surface area contributed by atoms with Crippen molar-refractivity contribution in [1.82, 2.24) is 4.90 Å². The summed E-state index contributed by atoms with van der Waals surface area (Å²) in [4.78, 5) is 12.3. The smallest absolute Gasteiger partial charge is 0.249 e. The summed E-state index contributed by atoms with van der Waals surface area (Å²) in [5, 5.41) is 18.1. The van der Waals surface area contributed by atoms with Crippen molar-refractivity contribution in [1.29, 1.82) is 0 Å². The Hall–Kier alpha value is -1.07. The fraction of sp³-hybridized carbons (Fsp3) is 0.625. The normalized spacial score (nSPS) is 14.0. The second-order valence-corrected chi connectivity index (χ2v) is 2.61. The lowest BCUT2D eigenvalue weighted by Gasteiger charge is -2.11. The molecule has 1 atom stereocenters. The van der Waals surface area contributed by atoms with Crippen molar-refractivity contribution in [3.05, 3.63) is 11.8 Å². The van der Waals surface area contributed by atoms with Crippen LogP contribution >= 0.6 is 0 Å². The van der Waals surface area contributed by atoms with Crippen molar-refractivity contribution in [2.75, 3.05) is 20.7 Å². The molecule has 0 spiro atoms. The molecule has 0 fully saturated rings. The van der Waals surface area contributed by atoms with Crippen LogP contribution in [-0.4, -0.2) is 48.0 Å². The van der Waals surface area contributed by atoms with Crippen LogP contribution in [0.5, 0.6) is 0 Å². The van der Waals surface area contributed by atoms with Crippen molar-refractivity contribution in [3.63, 3.8) is 0 Å². The van der Waals surface area contributed by atoms with Crippen molar-refractivity contribution in [2.24, 2.45) is 0 Å². The molecule has 0 rings (SSSR count). The van der Waals surface area contributed by atoms with Gasteiger partial charge in [0.2, 0.25) is 12.2 Å². The maximum atomic E-state index is 11.0. The summed E-state index contributed by atoms with van der Waals surface area (Å²) in [7, 11) is 3.08. The van der Waals surface area contributed by atoms with Crippen molar-refractivity contribution >= 4 is 5.91 Å². The van der Waals surface area contributed by atoms with E-state index in [0.29, 0.717) is 0 Å². The van der Waals surface area contributed by atoms with E-state index in [-0.39, 0.29) is 6.61 Å². The standard InChI is InChI=1S/C8H15NO4/c1-4-13-8(12)6(10)5-7(11)9(2)3/h5,8,10,12H,4H2,1-3H3. The van der Waals surface area contributed by atoms with Gasteiger partial charge in [0.15, 0.2) is 5.76 Å². The van der Waals surface area contributed by atoms with Gasteiger partial charge in [0.1, 0.15) is 0 Å². The number of aliphatic hydroxyl groups is 2. The molecule has 2 N–H and O–H groups in total. The Morgan fingerprint density at radius 3 is 2.54 bits per heavy atom. The fourth-order valence-corrected chi connectivity index (χ4v) is 0.570. The van der Waals surface area contributed by atoms with Gasteiger partial charge in [-0.25, -0.2) is 0 Å². The Morgan fingerprint density at radius 1 is 1.62 bits per heavy atom. The number of rotatable bonds is 4. The molecule has 0 saturated carbocycles. The van der Waals surface area contributed by atoms with Gasteiger partial charge in [-0.15, -0.1) is 0 Å². The van der Waals surface area contributed by atoms with Gasteiger partial charge in [-0.3, -0.25) is 4.79 Å². The fourth-order valence-electron chi connectivity index (χ4n) is 0.570. The van der Waals surface area contributed by atoms with E-state index in [0.717, 1.165) is 6.08 Å². The number of hydrogen-bond acceptors (Lipinski definition) is 4. The first kappa shape index (κ1) is 11.9. The average molecular weight is 189 g/mol. The first-order valence-corrected chi connectivity index (χ1v) is 3.90. The van der Waals surface area contributed by atoms with Crippen molar-refractivity contribution in [3.8, 4) is 0 Å². The van der Waals surface area contributed by atoms with Gasteiger partial charge in [0, 0.05) is 26.8 Å². The Morgan fingerprint density at radius 2 is 2.15 bits per heavy atom. The molecule has 0 bridgehead atoms. The molecule has 0 aromatic rings. The number of amides is 1. The molecule has 0 aliphatic rings. The third-order valence-electron chi connectivity index (χ3n) is 1.29. The topological polar surface area (TPSA) is 70.0 Å². The van der Waals surface area contributed by atoms with E-state index < -0.39 is 18.0 Å². The van der Waals surface area contributed by atoms with Gasteiger partial charge in [0.25, 0.3) is 0 Å². The number of carbonyl (C=O) groups is 1. The van der Waals surface area contributed by atoms with E-state index in [9.17, 15) is 4.79 Å². The number of likely N-dealkylation sites (N-methyl/N-ethyl adjacent to an activating group) is 1. The van der Waals surface area contributed by atoms with E-state index in [4.69, 9.17) is 10.2 Å². The summed E-state index contributed by atoms with van der Waals surface area (Å²) in [6.07, 6.45) is -0.505. The minimum Gasteiger partial charge on any atom is -0.507 e. The number of ether oxygens (including phenoxy) is 1. The van der Waals surface area contributed by atoms with Crippen LogP contribution in [0.4, 0.5) is 0 Å². The zero-order valence-corrected chi connectivity index (χ0v) is 8.02. The summed E-state index contributed by atoms with van der Waals surface area (Å²) < 4.78 is 4.65. The van der Waals surface area contributed by atoms with Crippen LogP contribution in [0.15, 0.2) is 11.8 Å². The van der Waals surface area contributed by atoms with Crippen molar-refractivity contribution < 1.29 is 19.7 Å². The molecule has 0 aliphatic carbocycles. The molecular weight excluding hydrogens is 174 g/mol. The molecule has 1 amide bonds. The third-order valence-corrected chi connectivity index (χ3v) is 1.29. The van der Waals surface area contributed by atoms with Crippen LogP contribution in [-0.2, 0) is 9.53 Å². The highest BCUT2D eigenvalue weighted by molar-refractivity contribution is 5.87. The molecule has 0 aromatic heterocycles. The molecule has 5 nitrogen and oxygen atoms in total. The van der Waals surface area contributed by atoms with E-state index in [2.05, 4.69) is 4.74 Å². The lowest BCUT2D eigenvalue weighted by Crippen LogP contribution is -2.22. The van der Waals surface area contributed by atoms with Gasteiger partial charge in [-0.1, -0.05) is 0 Å². The average Bonchev–Trinajstić information content (AvgIpc) is 2.04. The highest BCUT2D eigenvalue weighted by Gasteiger charge is 2.11. The second-order valence-electron chi connectivity index (χ2n) is 2.61. The predicted octanol–water partition coefficient (Wildman–Crippen LogP) is -0.129. The number of nitrogens with zero attached hydrogens (tertiary/aromatic N) is 1. The van der Waals surface area contributed by atoms with Gasteiger partial charge in [0.05, 0.1) is 0 Å². The van der Waals surface area contributed by atoms with Crippen LogP contribution in [0.25, 0.3) is 0 Å². The maximum Gasteiger partial charge on any atom is 0.249 e. The van der Waals surface area contributed by atoms with Crippen molar-refractivity contribution in [2.45, 2.75) is 13.2 Å². The van der Waals surface area contributed by atoms with Crippen LogP contribution in [0, 0.1) is 0 Å². The Labute approximate surface area is 77.2 Å². The predicted molar refractivity (Wildman–Crippen MR) is 47.0 cm³/mol. The van der Waals surface area contributed by atoms with Gasteiger partial charge in [-0.05, 0) is 6.92 Å². The Kier molecular flexibility index (Phi) is 5.10. The van der Waals surface area contributed by atoms with Gasteiger partial charge in [-0.2, -0.15) is 0 Å². The molecule has 76 valence electrons. The van der Waals surface area contributed by atoms with Crippen LogP contribution in [0.3, 0.4) is 0 Å². The van der Waals surface area contributed by atoms with Crippen LogP contribution < -0.4 is 0 Å². The molecule has 0 saturated heterocycles. The molecule has 0 aliphatic heterocycles. The Balaban J connectivity index is 4.22. The largest absolute Gasteiger partial charge is 0.507 e. The highest BCUT2D eigenvalue weighted by atomic mass is 16.6. The number of aliphatic hydroxyl groups excluding tert-OH is 2. The summed E-state index contributed by atoms with van der Waals surface area (Å²) >= 11 is 0. The number of hydrogen-bond donors (Lipinski definition) is 2. The SMILES string of the molecule is CCOC(O)C(O)=CC(=O)N(C)C. The van der Waals surface area contributed by atoms with E-state index in [1.54, 1.807) is 21.0 Å².